The predicted molar refractivity (Wildman–Crippen MR) is 71.4 cm³/mol. The van der Waals surface area contributed by atoms with Gasteiger partial charge in [0.05, 0.1) is 5.69 Å². The van der Waals surface area contributed by atoms with E-state index < -0.39 is 0 Å². The quantitative estimate of drug-likeness (QED) is 0.723. The lowest BCUT2D eigenvalue weighted by atomic mass is 10.1. The Morgan fingerprint density at radius 1 is 1.24 bits per heavy atom. The summed E-state index contributed by atoms with van der Waals surface area (Å²) in [6, 6.07) is 7.88. The molecule has 3 N–H and O–H groups in total. The molecule has 1 aromatic carbocycles. The summed E-state index contributed by atoms with van der Waals surface area (Å²) >= 11 is 3.53. The molecule has 0 fully saturated rings. The van der Waals surface area contributed by atoms with E-state index in [4.69, 9.17) is 5.73 Å². The highest BCUT2D eigenvalue weighted by molar-refractivity contribution is 9.10. The molecule has 2 heterocycles. The highest BCUT2D eigenvalue weighted by Crippen LogP contribution is 2.32. The number of hydrogen-bond donors (Lipinski definition) is 2. The lowest BCUT2D eigenvalue weighted by molar-refractivity contribution is 1.19. The van der Waals surface area contributed by atoms with Gasteiger partial charge >= 0.3 is 0 Å². The molecule has 0 radical (unpaired) electrons. The Labute approximate surface area is 106 Å². The molecule has 4 nitrogen and oxygen atoms in total. The number of halogens is 1. The number of benzene rings is 1. The van der Waals surface area contributed by atoms with Gasteiger partial charge in [0, 0.05) is 33.3 Å². The number of anilines is 1. The number of aromatic nitrogens is 3. The van der Waals surface area contributed by atoms with Crippen molar-refractivity contribution in [1.29, 1.82) is 0 Å². The highest BCUT2D eigenvalue weighted by atomic mass is 79.9. The van der Waals surface area contributed by atoms with Crippen LogP contribution in [0, 0.1) is 0 Å². The van der Waals surface area contributed by atoms with Gasteiger partial charge in [-0.05, 0) is 28.1 Å². The lowest BCUT2D eigenvalue weighted by Crippen LogP contribution is -1.95. The van der Waals surface area contributed by atoms with Crippen LogP contribution in [0.2, 0.25) is 0 Å². The fraction of sp³-hybridized carbons (Fsp3) is 0. The normalized spacial score (nSPS) is 10.9. The second-order valence-electron chi connectivity index (χ2n) is 3.66. The molecule has 84 valence electrons. The molecule has 0 bridgehead atoms. The average Bonchev–Trinajstić information content (AvgIpc) is 2.71. The first-order valence-electron chi connectivity index (χ1n) is 5.10. The van der Waals surface area contributed by atoms with E-state index in [-0.39, 0.29) is 5.95 Å². The van der Waals surface area contributed by atoms with Crippen molar-refractivity contribution in [3.05, 3.63) is 41.1 Å². The molecule has 0 aliphatic carbocycles. The minimum Gasteiger partial charge on any atom is -0.368 e. The summed E-state index contributed by atoms with van der Waals surface area (Å²) in [6.45, 7) is 0. The summed E-state index contributed by atoms with van der Waals surface area (Å²) in [5.74, 6) is 0.283. The number of fused-ring (bicyclic) bond motifs is 1. The fourth-order valence-corrected chi connectivity index (χ4v) is 2.42. The highest BCUT2D eigenvalue weighted by Gasteiger charge is 2.09. The third kappa shape index (κ3) is 1.68. The molecule has 3 aromatic rings. The maximum atomic E-state index is 5.61. The summed E-state index contributed by atoms with van der Waals surface area (Å²) in [4.78, 5) is 11.3. The van der Waals surface area contributed by atoms with Gasteiger partial charge in [-0.1, -0.05) is 12.1 Å². The maximum Gasteiger partial charge on any atom is 0.220 e. The zero-order valence-electron chi connectivity index (χ0n) is 8.81. The van der Waals surface area contributed by atoms with Crippen LogP contribution in [-0.4, -0.2) is 15.0 Å². The van der Waals surface area contributed by atoms with Crippen molar-refractivity contribution in [3.63, 3.8) is 0 Å². The monoisotopic (exact) mass is 288 g/mol. The topological polar surface area (TPSA) is 67.6 Å². The van der Waals surface area contributed by atoms with E-state index in [1.807, 2.05) is 30.5 Å². The summed E-state index contributed by atoms with van der Waals surface area (Å²) in [7, 11) is 0. The van der Waals surface area contributed by atoms with Crippen molar-refractivity contribution < 1.29 is 0 Å². The van der Waals surface area contributed by atoms with Gasteiger partial charge in [-0.3, -0.25) is 0 Å². The van der Waals surface area contributed by atoms with Crippen LogP contribution in [0.3, 0.4) is 0 Å². The fourth-order valence-electron chi connectivity index (χ4n) is 1.88. The molecule has 17 heavy (non-hydrogen) atoms. The summed E-state index contributed by atoms with van der Waals surface area (Å²) < 4.78 is 1.01. The van der Waals surface area contributed by atoms with Gasteiger partial charge in [0.15, 0.2) is 0 Å². The van der Waals surface area contributed by atoms with Crippen LogP contribution in [-0.2, 0) is 0 Å². The van der Waals surface area contributed by atoms with Gasteiger partial charge in [0.2, 0.25) is 5.95 Å². The smallest absolute Gasteiger partial charge is 0.220 e. The van der Waals surface area contributed by atoms with Crippen LogP contribution < -0.4 is 5.73 Å². The van der Waals surface area contributed by atoms with E-state index in [2.05, 4.69) is 30.9 Å². The zero-order chi connectivity index (χ0) is 11.8. The zero-order valence-corrected chi connectivity index (χ0v) is 10.4. The molecule has 0 spiro atoms. The Morgan fingerprint density at radius 3 is 2.94 bits per heavy atom. The molecule has 0 atom stereocenters. The Bertz CT molecular complexity index is 690. The second-order valence-corrected chi connectivity index (χ2v) is 4.52. The van der Waals surface area contributed by atoms with E-state index >= 15 is 0 Å². The van der Waals surface area contributed by atoms with Crippen LogP contribution in [0.25, 0.3) is 22.2 Å². The SMILES string of the molecule is Nc1nccc(-c2cccc3[nH]cc(Br)c23)n1. The van der Waals surface area contributed by atoms with Gasteiger partial charge in [-0.25, -0.2) is 9.97 Å². The lowest BCUT2D eigenvalue weighted by Gasteiger charge is -2.03. The van der Waals surface area contributed by atoms with Crippen molar-refractivity contribution in [2.75, 3.05) is 5.73 Å². The molecule has 0 saturated heterocycles. The first-order valence-corrected chi connectivity index (χ1v) is 5.89. The largest absolute Gasteiger partial charge is 0.368 e. The van der Waals surface area contributed by atoms with E-state index in [0.29, 0.717) is 0 Å². The maximum absolute atomic E-state index is 5.61. The number of H-pyrrole nitrogens is 1. The van der Waals surface area contributed by atoms with Gasteiger partial charge in [-0.15, -0.1) is 0 Å². The van der Waals surface area contributed by atoms with Crippen LogP contribution in [0.4, 0.5) is 5.95 Å². The van der Waals surface area contributed by atoms with Gasteiger partial charge < -0.3 is 10.7 Å². The number of aromatic amines is 1. The van der Waals surface area contributed by atoms with Crippen LogP contribution in [0.15, 0.2) is 41.1 Å². The van der Waals surface area contributed by atoms with Gasteiger partial charge in [-0.2, -0.15) is 0 Å². The molecule has 5 heteroatoms. The average molecular weight is 289 g/mol. The minimum absolute atomic E-state index is 0.283. The molecule has 0 aliphatic heterocycles. The first kappa shape index (κ1) is 10.3. The molecular weight excluding hydrogens is 280 g/mol. The Hall–Kier alpha value is -1.88. The third-order valence-electron chi connectivity index (χ3n) is 2.61. The number of hydrogen-bond acceptors (Lipinski definition) is 3. The third-order valence-corrected chi connectivity index (χ3v) is 3.23. The van der Waals surface area contributed by atoms with Crippen LogP contribution >= 0.6 is 15.9 Å². The number of nitrogens with two attached hydrogens (primary N) is 1. The van der Waals surface area contributed by atoms with Crippen molar-refractivity contribution >= 4 is 32.8 Å². The van der Waals surface area contributed by atoms with E-state index in [9.17, 15) is 0 Å². The summed E-state index contributed by atoms with van der Waals surface area (Å²) in [6.07, 6.45) is 3.58. The molecule has 2 aromatic heterocycles. The van der Waals surface area contributed by atoms with Crippen molar-refractivity contribution in [2.24, 2.45) is 0 Å². The van der Waals surface area contributed by atoms with Gasteiger partial charge in [0.1, 0.15) is 0 Å². The molecule has 0 saturated carbocycles. The standard InChI is InChI=1S/C12H9BrN4/c13-8-6-16-10-3-1-2-7(11(8)10)9-4-5-15-12(14)17-9/h1-6,16H,(H2,14,15,17). The predicted octanol–water partition coefficient (Wildman–Crippen LogP) is 2.97. The Morgan fingerprint density at radius 2 is 2.12 bits per heavy atom. The number of nitrogens with one attached hydrogen (secondary N) is 1. The molecule has 3 rings (SSSR count). The number of rotatable bonds is 1. The molecule has 0 aliphatic rings. The van der Waals surface area contributed by atoms with E-state index in [1.165, 1.54) is 0 Å². The number of nitrogen functional groups attached to an aromatic ring is 1. The Balaban J connectivity index is 2.33. The van der Waals surface area contributed by atoms with Crippen molar-refractivity contribution in [3.8, 4) is 11.3 Å². The van der Waals surface area contributed by atoms with E-state index in [1.54, 1.807) is 6.20 Å². The number of nitrogens with zero attached hydrogens (tertiary/aromatic N) is 2. The van der Waals surface area contributed by atoms with Crippen molar-refractivity contribution in [2.45, 2.75) is 0 Å². The minimum atomic E-state index is 0.283. The van der Waals surface area contributed by atoms with Crippen molar-refractivity contribution in [1.82, 2.24) is 15.0 Å². The molecule has 0 unspecified atom stereocenters. The summed E-state index contributed by atoms with van der Waals surface area (Å²) in [5, 5.41) is 1.10. The second kappa shape index (κ2) is 3.85. The summed E-state index contributed by atoms with van der Waals surface area (Å²) in [5.41, 5.74) is 8.53. The Kier molecular flexibility index (Phi) is 2.33. The molecular formula is C12H9BrN4. The molecule has 0 amide bonds. The first-order chi connectivity index (χ1) is 8.25. The van der Waals surface area contributed by atoms with E-state index in [0.717, 1.165) is 26.6 Å². The van der Waals surface area contributed by atoms with Crippen LogP contribution in [0.1, 0.15) is 0 Å². The van der Waals surface area contributed by atoms with Crippen LogP contribution in [0.5, 0.6) is 0 Å². The van der Waals surface area contributed by atoms with Gasteiger partial charge in [0.25, 0.3) is 0 Å².